The Morgan fingerprint density at radius 1 is 1.12 bits per heavy atom. The molecule has 0 aromatic heterocycles. The molecule has 5 nitrogen and oxygen atoms in total. The molecule has 1 amide bonds. The molecule has 0 radical (unpaired) electrons. The summed E-state index contributed by atoms with van der Waals surface area (Å²) >= 11 is 0. The number of rotatable bonds is 6. The van der Waals surface area contributed by atoms with E-state index in [9.17, 15) is 17.6 Å². The maximum absolute atomic E-state index is 13.5. The number of halogens is 1. The average Bonchev–Trinajstić information content (AvgIpc) is 2.54. The van der Waals surface area contributed by atoms with Gasteiger partial charge >= 0.3 is 0 Å². The van der Waals surface area contributed by atoms with Crippen molar-refractivity contribution in [3.05, 3.63) is 65.5 Å². The first-order valence-electron chi connectivity index (χ1n) is 8.21. The fourth-order valence-electron chi connectivity index (χ4n) is 2.69. The Bertz CT molecular complexity index is 882. The molecule has 2 atom stereocenters. The summed E-state index contributed by atoms with van der Waals surface area (Å²) in [5, 5.41) is 2.81. The molecule has 1 N–H and O–H groups in total. The molecule has 2 unspecified atom stereocenters. The van der Waals surface area contributed by atoms with Gasteiger partial charge in [0.05, 0.1) is 18.0 Å². The van der Waals surface area contributed by atoms with Crippen LogP contribution in [0.2, 0.25) is 0 Å². The Balaban J connectivity index is 2.23. The number of anilines is 1. The largest absolute Gasteiger partial charge is 0.348 e. The number of nitrogens with zero attached hydrogens (tertiary/aromatic N) is 1. The summed E-state index contributed by atoms with van der Waals surface area (Å²) in [5.41, 5.74) is 2.13. The highest BCUT2D eigenvalue weighted by Gasteiger charge is 2.30. The lowest BCUT2D eigenvalue weighted by atomic mass is 10.1. The number of aryl methyl sites for hydroxylation is 1. The summed E-state index contributed by atoms with van der Waals surface area (Å²) in [6.07, 6.45) is 0.991. The van der Waals surface area contributed by atoms with Gasteiger partial charge in [0.15, 0.2) is 0 Å². The number of carbonyl (C=O) groups is 1. The predicted octanol–water partition coefficient (Wildman–Crippen LogP) is 3.17. The Hall–Kier alpha value is -2.41. The first-order valence-corrected chi connectivity index (χ1v) is 10.1. The minimum atomic E-state index is -3.78. The summed E-state index contributed by atoms with van der Waals surface area (Å²) in [4.78, 5) is 12.6. The van der Waals surface area contributed by atoms with Crippen LogP contribution < -0.4 is 9.62 Å². The molecule has 26 heavy (non-hydrogen) atoms. The maximum Gasteiger partial charge on any atom is 0.244 e. The highest BCUT2D eigenvalue weighted by Crippen LogP contribution is 2.22. The number of nitrogens with one attached hydrogen (secondary N) is 1. The molecule has 140 valence electrons. The quantitative estimate of drug-likeness (QED) is 0.840. The second-order valence-electron chi connectivity index (χ2n) is 6.36. The summed E-state index contributed by atoms with van der Waals surface area (Å²) in [6.45, 7) is 5.27. The topological polar surface area (TPSA) is 66.5 Å². The molecule has 7 heteroatoms. The normalized spacial score (nSPS) is 13.7. The van der Waals surface area contributed by atoms with Crippen molar-refractivity contribution in [2.45, 2.75) is 32.9 Å². The lowest BCUT2D eigenvalue weighted by Gasteiger charge is -2.29. The van der Waals surface area contributed by atoms with E-state index in [0.29, 0.717) is 0 Å². The van der Waals surface area contributed by atoms with Crippen LogP contribution in [0.15, 0.2) is 48.5 Å². The zero-order valence-electron chi connectivity index (χ0n) is 15.2. The Kier molecular flexibility index (Phi) is 6.02. The molecule has 2 aromatic carbocycles. The number of hydrogen-bond donors (Lipinski definition) is 1. The van der Waals surface area contributed by atoms with Crippen LogP contribution in [0.5, 0.6) is 0 Å². The Morgan fingerprint density at radius 2 is 1.73 bits per heavy atom. The van der Waals surface area contributed by atoms with Gasteiger partial charge in [-0.25, -0.2) is 12.8 Å². The highest BCUT2D eigenvalue weighted by atomic mass is 32.2. The third-order valence-electron chi connectivity index (χ3n) is 4.09. The van der Waals surface area contributed by atoms with Crippen molar-refractivity contribution in [2.24, 2.45) is 0 Å². The average molecular weight is 378 g/mol. The van der Waals surface area contributed by atoms with Crippen LogP contribution in [0.1, 0.15) is 31.0 Å². The van der Waals surface area contributed by atoms with E-state index < -0.39 is 27.8 Å². The zero-order valence-corrected chi connectivity index (χ0v) is 16.0. The van der Waals surface area contributed by atoms with E-state index in [2.05, 4.69) is 5.32 Å². The van der Waals surface area contributed by atoms with Crippen molar-refractivity contribution in [3.8, 4) is 0 Å². The van der Waals surface area contributed by atoms with E-state index in [0.717, 1.165) is 27.8 Å². The molecule has 0 aliphatic rings. The first-order chi connectivity index (χ1) is 12.1. The van der Waals surface area contributed by atoms with Crippen molar-refractivity contribution >= 4 is 21.6 Å². The number of amides is 1. The van der Waals surface area contributed by atoms with E-state index >= 15 is 0 Å². The van der Waals surface area contributed by atoms with E-state index in [4.69, 9.17) is 0 Å². The van der Waals surface area contributed by atoms with Gasteiger partial charge < -0.3 is 5.32 Å². The van der Waals surface area contributed by atoms with Crippen LogP contribution in [0.25, 0.3) is 0 Å². The summed E-state index contributed by atoms with van der Waals surface area (Å²) in [6, 6.07) is 11.5. The smallest absolute Gasteiger partial charge is 0.244 e. The van der Waals surface area contributed by atoms with Crippen molar-refractivity contribution < 1.29 is 17.6 Å². The molecule has 0 aliphatic heterocycles. The molecular weight excluding hydrogens is 355 g/mol. The maximum atomic E-state index is 13.5. The minimum Gasteiger partial charge on any atom is -0.348 e. The second-order valence-corrected chi connectivity index (χ2v) is 8.22. The third-order valence-corrected chi connectivity index (χ3v) is 5.33. The van der Waals surface area contributed by atoms with Gasteiger partial charge in [0.2, 0.25) is 15.9 Å². The summed E-state index contributed by atoms with van der Waals surface area (Å²) in [5.74, 6) is -1.04. The van der Waals surface area contributed by atoms with Gasteiger partial charge in [-0.1, -0.05) is 35.9 Å². The van der Waals surface area contributed by atoms with Gasteiger partial charge in [-0.05, 0) is 44.5 Å². The fourth-order valence-corrected chi connectivity index (χ4v) is 3.86. The summed E-state index contributed by atoms with van der Waals surface area (Å²) in [7, 11) is -3.78. The number of carbonyl (C=O) groups excluding carboxylic acids is 1. The Morgan fingerprint density at radius 3 is 2.27 bits per heavy atom. The van der Waals surface area contributed by atoms with E-state index in [1.165, 1.54) is 25.1 Å². The SMILES string of the molecule is Cc1ccc(C(C)NC(=O)C(C)N(c2cccc(F)c2)S(C)(=O)=O)cc1. The predicted molar refractivity (Wildman–Crippen MR) is 101 cm³/mol. The molecule has 0 saturated heterocycles. The highest BCUT2D eigenvalue weighted by molar-refractivity contribution is 7.92. The van der Waals surface area contributed by atoms with E-state index in [1.807, 2.05) is 38.1 Å². The lowest BCUT2D eigenvalue weighted by molar-refractivity contribution is -0.122. The zero-order chi connectivity index (χ0) is 19.5. The number of benzene rings is 2. The van der Waals surface area contributed by atoms with Crippen LogP contribution >= 0.6 is 0 Å². The standard InChI is InChI=1S/C19H23FN2O3S/c1-13-8-10-16(11-9-13)14(2)21-19(23)15(3)22(26(4,24)25)18-7-5-6-17(20)12-18/h5-12,14-15H,1-4H3,(H,21,23). The van der Waals surface area contributed by atoms with Gasteiger partial charge in [-0.3, -0.25) is 9.10 Å². The second kappa shape index (κ2) is 7.86. The van der Waals surface area contributed by atoms with Crippen LogP contribution in [0, 0.1) is 12.7 Å². The summed E-state index contributed by atoms with van der Waals surface area (Å²) < 4.78 is 38.9. The monoisotopic (exact) mass is 378 g/mol. The van der Waals surface area contributed by atoms with Gasteiger partial charge in [0.1, 0.15) is 11.9 Å². The number of hydrogen-bond acceptors (Lipinski definition) is 3. The van der Waals surface area contributed by atoms with Gasteiger partial charge in [0.25, 0.3) is 0 Å². The van der Waals surface area contributed by atoms with Crippen molar-refractivity contribution in [1.82, 2.24) is 5.32 Å². The molecule has 2 rings (SSSR count). The molecule has 0 bridgehead atoms. The molecule has 0 fully saturated rings. The molecule has 0 spiro atoms. The Labute approximate surface area is 153 Å². The van der Waals surface area contributed by atoms with Crippen LogP contribution in [0.3, 0.4) is 0 Å². The van der Waals surface area contributed by atoms with Crippen molar-refractivity contribution in [1.29, 1.82) is 0 Å². The van der Waals surface area contributed by atoms with Crippen molar-refractivity contribution in [2.75, 3.05) is 10.6 Å². The van der Waals surface area contributed by atoms with Gasteiger partial charge in [-0.2, -0.15) is 0 Å². The fraction of sp³-hybridized carbons (Fsp3) is 0.316. The molecule has 0 saturated carbocycles. The van der Waals surface area contributed by atoms with E-state index in [-0.39, 0.29) is 11.7 Å². The van der Waals surface area contributed by atoms with Crippen LogP contribution in [-0.4, -0.2) is 26.6 Å². The molecule has 0 aliphatic carbocycles. The molecule has 0 heterocycles. The minimum absolute atomic E-state index is 0.109. The first kappa shape index (κ1) is 19.9. The number of sulfonamides is 1. The van der Waals surface area contributed by atoms with Crippen molar-refractivity contribution in [3.63, 3.8) is 0 Å². The van der Waals surface area contributed by atoms with Gasteiger partial charge in [0, 0.05) is 0 Å². The van der Waals surface area contributed by atoms with Gasteiger partial charge in [-0.15, -0.1) is 0 Å². The third kappa shape index (κ3) is 4.82. The lowest BCUT2D eigenvalue weighted by Crippen LogP contribution is -2.48. The van der Waals surface area contributed by atoms with E-state index in [1.54, 1.807) is 0 Å². The van der Waals surface area contributed by atoms with Crippen LogP contribution in [0.4, 0.5) is 10.1 Å². The molecule has 2 aromatic rings. The van der Waals surface area contributed by atoms with Crippen LogP contribution in [-0.2, 0) is 14.8 Å². The molecular formula is C19H23FN2O3S.